The number of nitrogens with two attached hydrogens (primary N) is 1. The molecule has 0 saturated carbocycles. The van der Waals surface area contributed by atoms with Crippen molar-refractivity contribution in [2.24, 2.45) is 0 Å². The molecule has 2 aromatic rings. The van der Waals surface area contributed by atoms with Gasteiger partial charge in [-0.2, -0.15) is 5.10 Å². The third-order valence-electron chi connectivity index (χ3n) is 3.72. The van der Waals surface area contributed by atoms with Crippen LogP contribution in [-0.4, -0.2) is 45.5 Å². The van der Waals surface area contributed by atoms with E-state index in [-0.39, 0.29) is 6.10 Å². The van der Waals surface area contributed by atoms with E-state index in [0.717, 1.165) is 17.9 Å². The molecule has 1 unspecified atom stereocenters. The number of aryl methyl sites for hydroxylation is 2. The molecule has 8 heteroatoms. The van der Waals surface area contributed by atoms with Crippen LogP contribution in [-0.2, 0) is 11.3 Å². The predicted octanol–water partition coefficient (Wildman–Crippen LogP) is 1.43. The van der Waals surface area contributed by atoms with E-state index in [1.165, 1.54) is 6.33 Å². The topological polar surface area (TPSA) is 82.1 Å². The van der Waals surface area contributed by atoms with Gasteiger partial charge in [-0.05, 0) is 19.9 Å². The van der Waals surface area contributed by atoms with Crippen molar-refractivity contribution in [1.82, 2.24) is 19.7 Å². The maximum atomic E-state index is 6.21. The van der Waals surface area contributed by atoms with Crippen LogP contribution in [0.25, 0.3) is 0 Å². The first kappa shape index (κ1) is 15.1. The number of nitrogen functional groups attached to an aromatic ring is 1. The Morgan fingerprint density at radius 3 is 2.95 bits per heavy atom. The van der Waals surface area contributed by atoms with Crippen LogP contribution in [0, 0.1) is 13.8 Å². The predicted molar refractivity (Wildman–Crippen MR) is 85.1 cm³/mol. The van der Waals surface area contributed by atoms with Crippen LogP contribution >= 0.6 is 11.6 Å². The van der Waals surface area contributed by atoms with Gasteiger partial charge in [0.15, 0.2) is 5.82 Å². The van der Waals surface area contributed by atoms with Gasteiger partial charge in [0.25, 0.3) is 0 Å². The molecule has 0 bridgehead atoms. The Morgan fingerprint density at radius 2 is 2.23 bits per heavy atom. The second-order valence-electron chi connectivity index (χ2n) is 5.44. The Balaban J connectivity index is 1.74. The van der Waals surface area contributed by atoms with Crippen molar-refractivity contribution in [3.63, 3.8) is 0 Å². The molecule has 1 aliphatic rings. The van der Waals surface area contributed by atoms with Crippen molar-refractivity contribution in [1.29, 1.82) is 0 Å². The summed E-state index contributed by atoms with van der Waals surface area (Å²) < 4.78 is 7.82. The van der Waals surface area contributed by atoms with E-state index in [2.05, 4.69) is 26.0 Å². The van der Waals surface area contributed by atoms with E-state index >= 15 is 0 Å². The van der Waals surface area contributed by atoms with Crippen molar-refractivity contribution in [2.75, 3.05) is 30.3 Å². The van der Waals surface area contributed by atoms with Gasteiger partial charge in [-0.3, -0.25) is 4.68 Å². The van der Waals surface area contributed by atoms with Gasteiger partial charge >= 0.3 is 0 Å². The number of nitrogens with zero attached hydrogens (tertiary/aromatic N) is 5. The summed E-state index contributed by atoms with van der Waals surface area (Å²) in [6.45, 7) is 6.76. The van der Waals surface area contributed by atoms with Crippen molar-refractivity contribution < 1.29 is 4.74 Å². The second-order valence-corrected chi connectivity index (χ2v) is 5.82. The molecule has 2 aromatic heterocycles. The van der Waals surface area contributed by atoms with E-state index in [4.69, 9.17) is 22.1 Å². The summed E-state index contributed by atoms with van der Waals surface area (Å²) in [5.41, 5.74) is 7.89. The molecule has 0 aliphatic carbocycles. The highest BCUT2D eigenvalue weighted by Gasteiger charge is 2.25. The van der Waals surface area contributed by atoms with E-state index < -0.39 is 0 Å². The minimum atomic E-state index is 0.0269. The minimum Gasteiger partial charge on any atom is -0.382 e. The monoisotopic (exact) mass is 322 g/mol. The number of aromatic nitrogens is 4. The molecule has 1 saturated heterocycles. The SMILES string of the molecule is Cc1cc(C)n(CC2CN(c3ncnc(N)c3Cl)CCO2)n1. The zero-order valence-electron chi connectivity index (χ0n) is 12.7. The fraction of sp³-hybridized carbons (Fsp3) is 0.500. The summed E-state index contributed by atoms with van der Waals surface area (Å²) in [6, 6.07) is 2.06. The van der Waals surface area contributed by atoms with Crippen LogP contribution in [0.5, 0.6) is 0 Å². The lowest BCUT2D eigenvalue weighted by atomic mass is 10.2. The van der Waals surface area contributed by atoms with E-state index in [9.17, 15) is 0 Å². The highest BCUT2D eigenvalue weighted by molar-refractivity contribution is 6.35. The number of hydrogen-bond donors (Lipinski definition) is 1. The van der Waals surface area contributed by atoms with Crippen molar-refractivity contribution in [2.45, 2.75) is 26.5 Å². The molecular weight excluding hydrogens is 304 g/mol. The number of hydrogen-bond acceptors (Lipinski definition) is 6. The number of anilines is 2. The largest absolute Gasteiger partial charge is 0.382 e. The maximum absolute atomic E-state index is 6.21. The van der Waals surface area contributed by atoms with Gasteiger partial charge in [0.2, 0.25) is 0 Å². The van der Waals surface area contributed by atoms with Gasteiger partial charge in [-0.1, -0.05) is 11.6 Å². The summed E-state index contributed by atoms with van der Waals surface area (Å²) in [4.78, 5) is 10.2. The highest BCUT2D eigenvalue weighted by atomic mass is 35.5. The minimum absolute atomic E-state index is 0.0269. The summed E-state index contributed by atoms with van der Waals surface area (Å²) >= 11 is 6.21. The molecule has 1 atom stereocenters. The lowest BCUT2D eigenvalue weighted by molar-refractivity contribution is 0.0267. The first-order chi connectivity index (χ1) is 10.5. The van der Waals surface area contributed by atoms with Crippen LogP contribution in [0.15, 0.2) is 12.4 Å². The quantitative estimate of drug-likeness (QED) is 0.920. The van der Waals surface area contributed by atoms with Crippen molar-refractivity contribution in [3.05, 3.63) is 28.8 Å². The van der Waals surface area contributed by atoms with Gasteiger partial charge in [0, 0.05) is 18.8 Å². The summed E-state index contributed by atoms with van der Waals surface area (Å²) in [5, 5.41) is 4.88. The molecular formula is C14H19ClN6O. The Hall–Kier alpha value is -1.86. The van der Waals surface area contributed by atoms with Crippen LogP contribution in [0.1, 0.15) is 11.4 Å². The average molecular weight is 323 g/mol. The molecule has 0 radical (unpaired) electrons. The van der Waals surface area contributed by atoms with Gasteiger partial charge < -0.3 is 15.4 Å². The van der Waals surface area contributed by atoms with Gasteiger partial charge in [0.05, 0.1) is 24.9 Å². The Kier molecular flexibility index (Phi) is 4.17. The zero-order valence-corrected chi connectivity index (χ0v) is 13.4. The molecule has 7 nitrogen and oxygen atoms in total. The van der Waals surface area contributed by atoms with E-state index in [1.807, 2.05) is 18.5 Å². The standard InChI is InChI=1S/C14H19ClN6O/c1-9-5-10(2)21(19-9)7-11-6-20(3-4-22-11)14-12(15)13(16)17-8-18-14/h5,8,11H,3-4,6-7H2,1-2H3,(H2,16,17,18). The molecule has 0 spiro atoms. The summed E-state index contributed by atoms with van der Waals surface area (Å²) in [5.74, 6) is 0.962. The third kappa shape index (κ3) is 3.00. The van der Waals surface area contributed by atoms with Crippen molar-refractivity contribution >= 4 is 23.2 Å². The first-order valence-electron chi connectivity index (χ1n) is 7.18. The molecule has 2 N–H and O–H groups in total. The highest BCUT2D eigenvalue weighted by Crippen LogP contribution is 2.28. The molecule has 0 aromatic carbocycles. The lowest BCUT2D eigenvalue weighted by Crippen LogP contribution is -2.45. The first-order valence-corrected chi connectivity index (χ1v) is 7.56. The Morgan fingerprint density at radius 1 is 1.41 bits per heavy atom. The van der Waals surface area contributed by atoms with Gasteiger partial charge in [-0.15, -0.1) is 0 Å². The van der Waals surface area contributed by atoms with Gasteiger partial charge in [-0.25, -0.2) is 9.97 Å². The number of halogens is 1. The number of morpholine rings is 1. The smallest absolute Gasteiger partial charge is 0.153 e. The van der Waals surface area contributed by atoms with Crippen LogP contribution in [0.4, 0.5) is 11.6 Å². The van der Waals surface area contributed by atoms with Crippen LogP contribution < -0.4 is 10.6 Å². The zero-order chi connectivity index (χ0) is 15.7. The normalized spacial score (nSPS) is 18.7. The lowest BCUT2D eigenvalue weighted by Gasteiger charge is -2.34. The average Bonchev–Trinajstić information content (AvgIpc) is 2.80. The molecule has 118 valence electrons. The van der Waals surface area contributed by atoms with Crippen LogP contribution in [0.2, 0.25) is 5.02 Å². The second kappa shape index (κ2) is 6.10. The number of rotatable bonds is 3. The van der Waals surface area contributed by atoms with Crippen molar-refractivity contribution in [3.8, 4) is 0 Å². The summed E-state index contributed by atoms with van der Waals surface area (Å²) in [6.07, 6.45) is 1.46. The fourth-order valence-corrected chi connectivity index (χ4v) is 2.89. The molecule has 0 amide bonds. The molecule has 1 fully saturated rings. The molecule has 3 heterocycles. The summed E-state index contributed by atoms with van der Waals surface area (Å²) in [7, 11) is 0. The van der Waals surface area contributed by atoms with E-state index in [0.29, 0.717) is 36.4 Å². The van der Waals surface area contributed by atoms with E-state index in [1.54, 1.807) is 0 Å². The molecule has 3 rings (SSSR count). The fourth-order valence-electron chi connectivity index (χ4n) is 2.67. The Bertz CT molecular complexity index is 673. The van der Waals surface area contributed by atoms with Crippen LogP contribution in [0.3, 0.4) is 0 Å². The molecule has 22 heavy (non-hydrogen) atoms. The Labute approximate surface area is 134 Å². The maximum Gasteiger partial charge on any atom is 0.153 e. The van der Waals surface area contributed by atoms with Gasteiger partial charge in [0.1, 0.15) is 17.2 Å². The third-order valence-corrected chi connectivity index (χ3v) is 4.08. The molecule has 1 aliphatic heterocycles. The number of ether oxygens (including phenoxy) is 1.